The molecule has 0 aliphatic carbocycles. The zero-order chi connectivity index (χ0) is 21.7. The summed E-state index contributed by atoms with van der Waals surface area (Å²) in [5.41, 5.74) is 3.38. The second kappa shape index (κ2) is 9.21. The van der Waals surface area contributed by atoms with E-state index in [9.17, 15) is 18.4 Å². The van der Waals surface area contributed by atoms with E-state index < -0.39 is 25.1 Å². The molecule has 0 fully saturated rings. The van der Waals surface area contributed by atoms with Crippen LogP contribution in [-0.4, -0.2) is 29.7 Å². The monoisotopic (exact) mass is 414 g/mol. The fraction of sp³-hybridized carbons (Fsp3) is 0.182. The summed E-state index contributed by atoms with van der Waals surface area (Å²) < 4.78 is 36.3. The lowest BCUT2D eigenvalue weighted by Gasteiger charge is -2.12. The molecule has 8 heteroatoms. The van der Waals surface area contributed by atoms with Crippen LogP contribution >= 0.6 is 0 Å². The number of para-hydroxylation sites is 2. The molecule has 1 amide bonds. The molecule has 0 saturated carbocycles. The van der Waals surface area contributed by atoms with Crippen LogP contribution in [0.3, 0.4) is 0 Å². The number of esters is 1. The standard InChI is InChI=1S/C22H20F2N2O4/c1-14-7-8-15(2)26(14)17-11-9-16(10-12-17)21(28)29-13-20(27)25-18-5-3-4-6-19(18)30-22(23)24/h3-12,22H,13H2,1-2H3,(H,25,27). The number of hydrogen-bond donors (Lipinski definition) is 1. The van der Waals surface area contributed by atoms with Gasteiger partial charge in [0.15, 0.2) is 6.61 Å². The van der Waals surface area contributed by atoms with Crippen molar-refractivity contribution in [3.05, 3.63) is 77.6 Å². The first-order valence-corrected chi connectivity index (χ1v) is 9.11. The Morgan fingerprint density at radius 1 is 0.967 bits per heavy atom. The molecule has 1 heterocycles. The summed E-state index contributed by atoms with van der Waals surface area (Å²) in [6.07, 6.45) is 0. The third kappa shape index (κ3) is 5.02. The smallest absolute Gasteiger partial charge is 0.387 e. The van der Waals surface area contributed by atoms with Gasteiger partial charge in [-0.15, -0.1) is 0 Å². The lowest BCUT2D eigenvalue weighted by atomic mass is 10.2. The summed E-state index contributed by atoms with van der Waals surface area (Å²) >= 11 is 0. The van der Waals surface area contributed by atoms with E-state index in [4.69, 9.17) is 4.74 Å². The highest BCUT2D eigenvalue weighted by Crippen LogP contribution is 2.25. The van der Waals surface area contributed by atoms with Crippen molar-refractivity contribution in [1.29, 1.82) is 0 Å². The minimum atomic E-state index is -3.03. The maximum absolute atomic E-state index is 12.4. The topological polar surface area (TPSA) is 69.6 Å². The van der Waals surface area contributed by atoms with Crippen LogP contribution in [0.5, 0.6) is 5.75 Å². The van der Waals surface area contributed by atoms with Gasteiger partial charge in [0.25, 0.3) is 5.91 Å². The number of carbonyl (C=O) groups excluding carboxylic acids is 2. The van der Waals surface area contributed by atoms with E-state index in [1.165, 1.54) is 18.2 Å². The van der Waals surface area contributed by atoms with Crippen LogP contribution in [0.1, 0.15) is 21.7 Å². The van der Waals surface area contributed by atoms with E-state index in [0.29, 0.717) is 0 Å². The number of rotatable bonds is 7. The van der Waals surface area contributed by atoms with Gasteiger partial charge < -0.3 is 19.4 Å². The van der Waals surface area contributed by atoms with Crippen molar-refractivity contribution in [2.45, 2.75) is 20.5 Å². The van der Waals surface area contributed by atoms with Crippen molar-refractivity contribution in [1.82, 2.24) is 4.57 Å². The lowest BCUT2D eigenvalue weighted by molar-refractivity contribution is -0.119. The molecule has 0 spiro atoms. The normalized spacial score (nSPS) is 10.7. The Labute approximate surface area is 172 Å². The maximum Gasteiger partial charge on any atom is 0.387 e. The number of anilines is 1. The Balaban J connectivity index is 1.59. The minimum Gasteiger partial charge on any atom is -0.452 e. The number of nitrogens with zero attached hydrogens (tertiary/aromatic N) is 1. The van der Waals surface area contributed by atoms with Crippen molar-refractivity contribution in [2.24, 2.45) is 0 Å². The zero-order valence-electron chi connectivity index (χ0n) is 16.4. The third-order valence-corrected chi connectivity index (χ3v) is 4.34. The number of amides is 1. The Morgan fingerprint density at radius 2 is 1.60 bits per heavy atom. The number of hydrogen-bond acceptors (Lipinski definition) is 4. The molecular formula is C22H20F2N2O4. The highest BCUT2D eigenvalue weighted by atomic mass is 19.3. The Bertz CT molecular complexity index is 1030. The van der Waals surface area contributed by atoms with Gasteiger partial charge >= 0.3 is 12.6 Å². The number of ether oxygens (including phenoxy) is 2. The molecule has 156 valence electrons. The van der Waals surface area contributed by atoms with Crippen LogP contribution in [0.25, 0.3) is 5.69 Å². The number of aromatic nitrogens is 1. The van der Waals surface area contributed by atoms with Gasteiger partial charge in [0, 0.05) is 17.1 Å². The lowest BCUT2D eigenvalue weighted by Crippen LogP contribution is -2.21. The molecule has 3 aromatic rings. The summed E-state index contributed by atoms with van der Waals surface area (Å²) in [6.45, 7) is 0.374. The molecule has 0 bridgehead atoms. The first-order valence-electron chi connectivity index (χ1n) is 9.11. The minimum absolute atomic E-state index is 0.0562. The zero-order valence-corrected chi connectivity index (χ0v) is 16.4. The van der Waals surface area contributed by atoms with Crippen LogP contribution < -0.4 is 10.1 Å². The van der Waals surface area contributed by atoms with Gasteiger partial charge in [-0.2, -0.15) is 8.78 Å². The summed E-state index contributed by atoms with van der Waals surface area (Å²) in [7, 11) is 0. The Kier molecular flexibility index (Phi) is 6.46. The van der Waals surface area contributed by atoms with Crippen LogP contribution in [0, 0.1) is 13.8 Å². The van der Waals surface area contributed by atoms with Crippen molar-refractivity contribution in [2.75, 3.05) is 11.9 Å². The van der Waals surface area contributed by atoms with Gasteiger partial charge in [0.05, 0.1) is 11.3 Å². The van der Waals surface area contributed by atoms with Crippen molar-refractivity contribution < 1.29 is 27.8 Å². The molecule has 2 aromatic carbocycles. The van der Waals surface area contributed by atoms with Crippen LogP contribution in [0.15, 0.2) is 60.7 Å². The van der Waals surface area contributed by atoms with Crippen LogP contribution in [-0.2, 0) is 9.53 Å². The third-order valence-electron chi connectivity index (χ3n) is 4.34. The summed E-state index contributed by atoms with van der Waals surface area (Å²) in [4.78, 5) is 24.2. The van der Waals surface area contributed by atoms with Crippen molar-refractivity contribution >= 4 is 17.6 Å². The molecule has 0 aliphatic heterocycles. The van der Waals surface area contributed by atoms with Gasteiger partial charge in [-0.3, -0.25) is 4.79 Å². The highest BCUT2D eigenvalue weighted by molar-refractivity contribution is 5.96. The molecule has 0 atom stereocenters. The Hall–Kier alpha value is -3.68. The second-order valence-electron chi connectivity index (χ2n) is 6.50. The van der Waals surface area contributed by atoms with Gasteiger partial charge in [-0.25, -0.2) is 4.79 Å². The number of alkyl halides is 2. The van der Waals surface area contributed by atoms with Gasteiger partial charge in [0.2, 0.25) is 0 Å². The average Bonchev–Trinajstić information content (AvgIpc) is 3.05. The molecule has 30 heavy (non-hydrogen) atoms. The number of nitrogens with one attached hydrogen (secondary N) is 1. The predicted molar refractivity (Wildman–Crippen MR) is 107 cm³/mol. The molecule has 1 aromatic heterocycles. The average molecular weight is 414 g/mol. The molecule has 0 saturated heterocycles. The fourth-order valence-electron chi connectivity index (χ4n) is 2.99. The molecule has 0 unspecified atom stereocenters. The molecule has 0 radical (unpaired) electrons. The fourth-order valence-corrected chi connectivity index (χ4v) is 2.99. The number of carbonyl (C=O) groups is 2. The van der Waals surface area contributed by atoms with E-state index in [1.54, 1.807) is 30.3 Å². The molecular weight excluding hydrogens is 394 g/mol. The first-order chi connectivity index (χ1) is 14.3. The number of aryl methyl sites for hydroxylation is 2. The van der Waals surface area contributed by atoms with E-state index in [-0.39, 0.29) is 17.0 Å². The number of halogens is 2. The Morgan fingerprint density at radius 3 is 2.23 bits per heavy atom. The van der Waals surface area contributed by atoms with Crippen molar-refractivity contribution in [3.63, 3.8) is 0 Å². The summed E-state index contributed by atoms with van der Waals surface area (Å²) in [5, 5.41) is 2.39. The van der Waals surface area contributed by atoms with E-state index in [1.807, 2.05) is 30.5 Å². The SMILES string of the molecule is Cc1ccc(C)n1-c1ccc(C(=O)OCC(=O)Nc2ccccc2OC(F)F)cc1. The van der Waals surface area contributed by atoms with Gasteiger partial charge in [-0.05, 0) is 62.4 Å². The quantitative estimate of drug-likeness (QED) is 0.579. The van der Waals surface area contributed by atoms with Crippen LogP contribution in [0.2, 0.25) is 0 Å². The van der Waals surface area contributed by atoms with Crippen LogP contribution in [0.4, 0.5) is 14.5 Å². The first kappa shape index (κ1) is 21.0. The van der Waals surface area contributed by atoms with E-state index in [0.717, 1.165) is 17.1 Å². The predicted octanol–water partition coefficient (Wildman–Crippen LogP) is 4.49. The highest BCUT2D eigenvalue weighted by Gasteiger charge is 2.14. The second-order valence-corrected chi connectivity index (χ2v) is 6.50. The summed E-state index contributed by atoms with van der Waals surface area (Å²) in [6, 6.07) is 16.5. The van der Waals surface area contributed by atoms with Crippen molar-refractivity contribution in [3.8, 4) is 11.4 Å². The summed E-state index contributed by atoms with van der Waals surface area (Å²) in [5.74, 6) is -1.53. The van der Waals surface area contributed by atoms with Gasteiger partial charge in [-0.1, -0.05) is 12.1 Å². The molecule has 3 rings (SSSR count). The van der Waals surface area contributed by atoms with E-state index >= 15 is 0 Å². The van der Waals surface area contributed by atoms with E-state index in [2.05, 4.69) is 10.1 Å². The molecule has 6 nitrogen and oxygen atoms in total. The van der Waals surface area contributed by atoms with Gasteiger partial charge in [0.1, 0.15) is 5.75 Å². The number of benzene rings is 2. The molecule has 0 aliphatic rings. The molecule has 1 N–H and O–H groups in total. The maximum atomic E-state index is 12.4. The largest absolute Gasteiger partial charge is 0.452 e.